The molecule has 2 heterocycles. The summed E-state index contributed by atoms with van der Waals surface area (Å²) in [4.78, 5) is 19.3. The molecule has 0 unspecified atom stereocenters. The van der Waals surface area contributed by atoms with Crippen molar-refractivity contribution < 1.29 is 13.9 Å². The first kappa shape index (κ1) is 21.1. The van der Waals surface area contributed by atoms with E-state index < -0.39 is 0 Å². The predicted octanol–water partition coefficient (Wildman–Crippen LogP) is 4.36. The van der Waals surface area contributed by atoms with Gasteiger partial charge in [0.2, 0.25) is 5.89 Å². The van der Waals surface area contributed by atoms with Crippen molar-refractivity contribution >= 4 is 5.91 Å². The smallest absolute Gasteiger partial charge is 0.251 e. The number of aryl methyl sites for hydroxylation is 2. The molecule has 1 fully saturated rings. The minimum atomic E-state index is -0.0541. The number of oxazole rings is 1. The molecule has 1 aliphatic heterocycles. The lowest BCUT2D eigenvalue weighted by Crippen LogP contribution is -2.33. The molecule has 1 N–H and O–H groups in total. The van der Waals surface area contributed by atoms with Gasteiger partial charge in [0.05, 0.1) is 0 Å². The Hall–Kier alpha value is -3.12. The molecule has 1 aliphatic rings. The molecule has 31 heavy (non-hydrogen) atoms. The van der Waals surface area contributed by atoms with E-state index in [0.29, 0.717) is 24.6 Å². The third kappa shape index (κ3) is 5.52. The van der Waals surface area contributed by atoms with E-state index in [1.165, 1.54) is 18.4 Å². The normalized spacial score (nSPS) is 14.0. The lowest BCUT2D eigenvalue weighted by molar-refractivity contribution is 0.0949. The Bertz CT molecular complexity index is 1000. The number of aromatic nitrogens is 1. The van der Waals surface area contributed by atoms with Crippen molar-refractivity contribution in [2.45, 2.75) is 33.3 Å². The van der Waals surface area contributed by atoms with Crippen molar-refractivity contribution in [1.29, 1.82) is 0 Å². The molecule has 2 aromatic carbocycles. The van der Waals surface area contributed by atoms with Gasteiger partial charge in [0, 0.05) is 24.2 Å². The topological polar surface area (TPSA) is 67.6 Å². The fourth-order valence-electron chi connectivity index (χ4n) is 3.67. The van der Waals surface area contributed by atoms with Crippen LogP contribution >= 0.6 is 0 Å². The van der Waals surface area contributed by atoms with Crippen molar-refractivity contribution in [3.63, 3.8) is 0 Å². The molecule has 3 aromatic rings. The van der Waals surface area contributed by atoms with Crippen LogP contribution < -0.4 is 10.1 Å². The molecule has 0 atom stereocenters. The van der Waals surface area contributed by atoms with Crippen LogP contribution in [0.25, 0.3) is 11.5 Å². The van der Waals surface area contributed by atoms with E-state index in [-0.39, 0.29) is 5.91 Å². The number of rotatable bonds is 8. The molecule has 162 valence electrons. The van der Waals surface area contributed by atoms with E-state index in [4.69, 9.17) is 9.15 Å². The second-order valence-electron chi connectivity index (χ2n) is 8.01. The Morgan fingerprint density at radius 2 is 1.77 bits per heavy atom. The van der Waals surface area contributed by atoms with Crippen molar-refractivity contribution in [3.05, 3.63) is 71.1 Å². The fraction of sp³-hybridized carbons (Fsp3) is 0.360. The van der Waals surface area contributed by atoms with Gasteiger partial charge in [-0.15, -0.1) is 0 Å². The van der Waals surface area contributed by atoms with Gasteiger partial charge in [0.1, 0.15) is 23.8 Å². The Labute approximate surface area is 183 Å². The standard InChI is InChI=1S/C25H29N3O3/c1-18-5-11-22(12-6-18)30-17-23-19(2)31-25(27-23)21-9-7-20(8-10-21)24(29)26-13-16-28-14-3-4-15-28/h5-12H,3-4,13-17H2,1-2H3,(H,26,29). The molecule has 1 saturated heterocycles. The average molecular weight is 420 g/mol. The number of ether oxygens (including phenoxy) is 1. The lowest BCUT2D eigenvalue weighted by Gasteiger charge is -2.14. The molecular formula is C25H29N3O3. The number of likely N-dealkylation sites (tertiary alicyclic amines) is 1. The van der Waals surface area contributed by atoms with Crippen molar-refractivity contribution in [2.24, 2.45) is 0 Å². The van der Waals surface area contributed by atoms with Crippen molar-refractivity contribution in [3.8, 4) is 17.2 Å². The lowest BCUT2D eigenvalue weighted by atomic mass is 10.1. The van der Waals surface area contributed by atoms with Crippen LogP contribution in [0.3, 0.4) is 0 Å². The van der Waals surface area contributed by atoms with Crippen molar-refractivity contribution in [2.75, 3.05) is 26.2 Å². The van der Waals surface area contributed by atoms with E-state index in [1.54, 1.807) is 0 Å². The van der Waals surface area contributed by atoms with Gasteiger partial charge in [-0.25, -0.2) is 4.98 Å². The second-order valence-corrected chi connectivity index (χ2v) is 8.01. The average Bonchev–Trinajstić information content (AvgIpc) is 3.43. The summed E-state index contributed by atoms with van der Waals surface area (Å²) in [6.45, 7) is 8.12. The number of nitrogens with one attached hydrogen (secondary N) is 1. The Morgan fingerprint density at radius 1 is 1.06 bits per heavy atom. The summed E-state index contributed by atoms with van der Waals surface area (Å²) in [6.07, 6.45) is 2.52. The van der Waals surface area contributed by atoms with Gasteiger partial charge in [-0.1, -0.05) is 17.7 Å². The van der Waals surface area contributed by atoms with Gasteiger partial charge in [0.25, 0.3) is 5.91 Å². The number of amides is 1. The summed E-state index contributed by atoms with van der Waals surface area (Å²) in [5.74, 6) is 2.00. The van der Waals surface area contributed by atoms with Gasteiger partial charge in [-0.2, -0.15) is 0 Å². The quantitative estimate of drug-likeness (QED) is 0.587. The number of benzene rings is 2. The Balaban J connectivity index is 1.33. The van der Waals surface area contributed by atoms with Crippen LogP contribution in [0.15, 0.2) is 52.9 Å². The maximum absolute atomic E-state index is 12.4. The monoisotopic (exact) mass is 419 g/mol. The van der Waals surface area contributed by atoms with Gasteiger partial charge in [-0.3, -0.25) is 4.79 Å². The molecule has 0 spiro atoms. The minimum absolute atomic E-state index is 0.0541. The summed E-state index contributed by atoms with van der Waals surface area (Å²) >= 11 is 0. The number of carbonyl (C=O) groups is 1. The first-order chi connectivity index (χ1) is 15.1. The molecule has 6 heteroatoms. The largest absolute Gasteiger partial charge is 0.487 e. The highest BCUT2D eigenvalue weighted by atomic mass is 16.5. The van der Waals surface area contributed by atoms with Gasteiger partial charge in [0.15, 0.2) is 0 Å². The van der Waals surface area contributed by atoms with E-state index >= 15 is 0 Å². The molecular weight excluding hydrogens is 390 g/mol. The molecule has 1 amide bonds. The molecule has 4 rings (SSSR count). The zero-order valence-corrected chi connectivity index (χ0v) is 18.2. The molecule has 0 aliphatic carbocycles. The van der Waals surface area contributed by atoms with Crippen LogP contribution in [0.1, 0.15) is 40.2 Å². The summed E-state index contributed by atoms with van der Waals surface area (Å²) < 4.78 is 11.7. The highest BCUT2D eigenvalue weighted by Gasteiger charge is 2.14. The molecule has 0 radical (unpaired) electrons. The molecule has 1 aromatic heterocycles. The van der Waals surface area contributed by atoms with Crippen LogP contribution in [0, 0.1) is 13.8 Å². The molecule has 0 saturated carbocycles. The number of nitrogens with zero attached hydrogens (tertiary/aromatic N) is 2. The fourth-order valence-corrected chi connectivity index (χ4v) is 3.67. The highest BCUT2D eigenvalue weighted by Crippen LogP contribution is 2.23. The van der Waals surface area contributed by atoms with E-state index in [9.17, 15) is 4.79 Å². The minimum Gasteiger partial charge on any atom is -0.487 e. The first-order valence-electron chi connectivity index (χ1n) is 10.9. The zero-order valence-electron chi connectivity index (χ0n) is 18.2. The third-order valence-electron chi connectivity index (χ3n) is 5.60. The Kier molecular flexibility index (Phi) is 6.67. The maximum atomic E-state index is 12.4. The van der Waals surface area contributed by atoms with Gasteiger partial charge >= 0.3 is 0 Å². The van der Waals surface area contributed by atoms with Gasteiger partial charge in [-0.05, 0) is 76.2 Å². The summed E-state index contributed by atoms with van der Waals surface area (Å²) in [6, 6.07) is 15.3. The summed E-state index contributed by atoms with van der Waals surface area (Å²) in [7, 11) is 0. The zero-order chi connectivity index (χ0) is 21.6. The summed E-state index contributed by atoms with van der Waals surface area (Å²) in [5, 5.41) is 3.00. The summed E-state index contributed by atoms with van der Waals surface area (Å²) in [5.41, 5.74) is 3.42. The molecule has 6 nitrogen and oxygen atoms in total. The van der Waals surface area contributed by atoms with E-state index in [2.05, 4.69) is 15.2 Å². The van der Waals surface area contributed by atoms with Gasteiger partial charge < -0.3 is 19.4 Å². The van der Waals surface area contributed by atoms with E-state index in [0.717, 1.165) is 42.4 Å². The van der Waals surface area contributed by atoms with Crippen LogP contribution in [-0.4, -0.2) is 42.0 Å². The second kappa shape index (κ2) is 9.79. The number of carbonyl (C=O) groups excluding carboxylic acids is 1. The van der Waals surface area contributed by atoms with Crippen LogP contribution in [0.2, 0.25) is 0 Å². The predicted molar refractivity (Wildman–Crippen MR) is 120 cm³/mol. The van der Waals surface area contributed by atoms with E-state index in [1.807, 2.05) is 62.4 Å². The molecule has 0 bridgehead atoms. The van der Waals surface area contributed by atoms with Crippen LogP contribution in [0.5, 0.6) is 5.75 Å². The third-order valence-corrected chi connectivity index (χ3v) is 5.60. The van der Waals surface area contributed by atoms with Crippen molar-refractivity contribution in [1.82, 2.24) is 15.2 Å². The highest BCUT2D eigenvalue weighted by molar-refractivity contribution is 5.94. The van der Waals surface area contributed by atoms with Crippen LogP contribution in [-0.2, 0) is 6.61 Å². The number of hydrogen-bond donors (Lipinski definition) is 1. The SMILES string of the molecule is Cc1ccc(OCc2nc(-c3ccc(C(=O)NCCN4CCCC4)cc3)oc2C)cc1. The Morgan fingerprint density at radius 3 is 2.48 bits per heavy atom. The van der Waals surface area contributed by atoms with Crippen LogP contribution in [0.4, 0.5) is 0 Å². The first-order valence-corrected chi connectivity index (χ1v) is 10.9. The maximum Gasteiger partial charge on any atom is 0.251 e. The number of hydrogen-bond acceptors (Lipinski definition) is 5.